The van der Waals surface area contributed by atoms with E-state index >= 15 is 0 Å². The maximum absolute atomic E-state index is 13.8. The Morgan fingerprint density at radius 3 is 2.24 bits per heavy atom. The third-order valence-electron chi connectivity index (χ3n) is 6.16. The molecule has 3 aromatic rings. The predicted molar refractivity (Wildman–Crippen MR) is 161 cm³/mol. The lowest BCUT2D eigenvalue weighted by atomic mass is 10.0. The van der Waals surface area contributed by atoms with Crippen molar-refractivity contribution in [1.29, 1.82) is 0 Å². The Kier molecular flexibility index (Phi) is 12.1. The minimum atomic E-state index is -0.758. The van der Waals surface area contributed by atoms with Crippen LogP contribution in [0.2, 0.25) is 20.1 Å². The second-order valence-corrected chi connectivity index (χ2v) is 11.6. The molecule has 0 fully saturated rings. The molecule has 2 amide bonds. The number of hydrogen-bond acceptors (Lipinski definition) is 3. The molecule has 202 valence electrons. The first-order valence-corrected chi connectivity index (χ1v) is 14.9. The number of hydrogen-bond donors (Lipinski definition) is 1. The van der Waals surface area contributed by atoms with Crippen molar-refractivity contribution in [3.63, 3.8) is 0 Å². The number of nitrogens with zero attached hydrogens (tertiary/aromatic N) is 1. The van der Waals surface area contributed by atoms with Crippen LogP contribution in [-0.4, -0.2) is 34.6 Å². The molecule has 3 rings (SSSR count). The maximum Gasteiger partial charge on any atom is 0.243 e. The molecular formula is C29H30Cl4N2O2S. The summed E-state index contributed by atoms with van der Waals surface area (Å²) >= 11 is 26.7. The Bertz CT molecular complexity index is 1220. The number of halogens is 4. The van der Waals surface area contributed by atoms with Crippen LogP contribution in [0.3, 0.4) is 0 Å². The van der Waals surface area contributed by atoms with Gasteiger partial charge in [0.05, 0.1) is 5.75 Å². The van der Waals surface area contributed by atoms with Crippen molar-refractivity contribution < 1.29 is 9.59 Å². The van der Waals surface area contributed by atoms with Gasteiger partial charge in [-0.1, -0.05) is 95.8 Å². The summed E-state index contributed by atoms with van der Waals surface area (Å²) in [6, 6.07) is 19.4. The van der Waals surface area contributed by atoms with E-state index in [4.69, 9.17) is 46.4 Å². The summed E-state index contributed by atoms with van der Waals surface area (Å²) in [6.45, 7) is 4.05. The number of rotatable bonds is 12. The zero-order valence-electron chi connectivity index (χ0n) is 21.2. The van der Waals surface area contributed by atoms with Crippen molar-refractivity contribution in [3.8, 4) is 0 Å². The number of benzene rings is 3. The molecule has 0 bridgehead atoms. The molecule has 4 nitrogen and oxygen atoms in total. The molecule has 0 saturated carbocycles. The summed E-state index contributed by atoms with van der Waals surface area (Å²) < 4.78 is 0. The van der Waals surface area contributed by atoms with E-state index in [1.165, 1.54) is 11.8 Å². The molecule has 0 aliphatic rings. The topological polar surface area (TPSA) is 49.4 Å². The Morgan fingerprint density at radius 1 is 0.921 bits per heavy atom. The normalized spacial score (nSPS) is 12.6. The number of carbonyl (C=O) groups excluding carboxylic acids is 2. The van der Waals surface area contributed by atoms with E-state index in [-0.39, 0.29) is 30.2 Å². The van der Waals surface area contributed by atoms with E-state index < -0.39 is 6.04 Å². The maximum atomic E-state index is 13.8. The molecule has 0 unspecified atom stereocenters. The Labute approximate surface area is 249 Å². The molecule has 38 heavy (non-hydrogen) atoms. The van der Waals surface area contributed by atoms with Crippen LogP contribution in [0.1, 0.15) is 37.0 Å². The zero-order chi connectivity index (χ0) is 27.7. The monoisotopic (exact) mass is 610 g/mol. The summed E-state index contributed by atoms with van der Waals surface area (Å²) in [7, 11) is 0. The van der Waals surface area contributed by atoms with Gasteiger partial charge in [-0.3, -0.25) is 9.59 Å². The first-order valence-electron chi connectivity index (χ1n) is 12.3. The van der Waals surface area contributed by atoms with Gasteiger partial charge in [-0.2, -0.15) is 0 Å². The third-order valence-corrected chi connectivity index (χ3v) is 8.42. The Hall–Kier alpha value is -1.89. The smallest absolute Gasteiger partial charge is 0.243 e. The molecule has 9 heteroatoms. The average Bonchev–Trinajstić information content (AvgIpc) is 2.89. The van der Waals surface area contributed by atoms with Gasteiger partial charge in [0.2, 0.25) is 11.8 Å². The van der Waals surface area contributed by atoms with Crippen molar-refractivity contribution in [1.82, 2.24) is 10.2 Å². The van der Waals surface area contributed by atoms with Crippen LogP contribution in [0, 0.1) is 0 Å². The van der Waals surface area contributed by atoms with Crippen molar-refractivity contribution in [2.75, 3.05) is 5.75 Å². The highest BCUT2D eigenvalue weighted by Crippen LogP contribution is 2.29. The number of nitrogens with one attached hydrogen (secondary N) is 1. The second-order valence-electron chi connectivity index (χ2n) is 8.97. The van der Waals surface area contributed by atoms with Crippen LogP contribution in [0.25, 0.3) is 0 Å². The SMILES string of the molecule is CC[C@H](C)NC(=O)[C@H](Cc1ccccc1)N(Cc1c(Cl)cccc1Cl)C(=O)CSCc1ccc(Cl)cc1Cl. The van der Waals surface area contributed by atoms with E-state index in [0.717, 1.165) is 17.5 Å². The fraction of sp³-hybridized carbons (Fsp3) is 0.310. The third kappa shape index (κ3) is 8.82. The fourth-order valence-corrected chi connectivity index (χ4v) is 5.80. The summed E-state index contributed by atoms with van der Waals surface area (Å²) in [4.78, 5) is 29.0. The van der Waals surface area contributed by atoms with Gasteiger partial charge in [-0.15, -0.1) is 11.8 Å². The van der Waals surface area contributed by atoms with Crippen molar-refractivity contribution in [2.24, 2.45) is 0 Å². The quantitative estimate of drug-likeness (QED) is 0.225. The van der Waals surface area contributed by atoms with Crippen LogP contribution < -0.4 is 5.32 Å². The van der Waals surface area contributed by atoms with Gasteiger partial charge in [0.15, 0.2) is 0 Å². The van der Waals surface area contributed by atoms with Crippen LogP contribution in [0.4, 0.5) is 0 Å². The van der Waals surface area contributed by atoms with Crippen LogP contribution in [0.5, 0.6) is 0 Å². The Morgan fingerprint density at radius 2 is 1.61 bits per heavy atom. The first kappa shape index (κ1) is 30.6. The summed E-state index contributed by atoms with van der Waals surface area (Å²) in [6.07, 6.45) is 1.12. The minimum Gasteiger partial charge on any atom is -0.352 e. The number of thioether (sulfide) groups is 1. The molecule has 0 aromatic heterocycles. The van der Waals surface area contributed by atoms with Gasteiger partial charge in [0.1, 0.15) is 6.04 Å². The van der Waals surface area contributed by atoms with E-state index in [2.05, 4.69) is 5.32 Å². The van der Waals surface area contributed by atoms with Crippen LogP contribution in [-0.2, 0) is 28.3 Å². The van der Waals surface area contributed by atoms with Crippen LogP contribution >= 0.6 is 58.2 Å². The molecule has 0 saturated heterocycles. The van der Waals surface area contributed by atoms with Gasteiger partial charge in [0.25, 0.3) is 0 Å². The lowest BCUT2D eigenvalue weighted by Crippen LogP contribution is -2.52. The zero-order valence-corrected chi connectivity index (χ0v) is 25.1. The average molecular weight is 612 g/mol. The van der Waals surface area contributed by atoms with Crippen molar-refractivity contribution >= 4 is 70.0 Å². The lowest BCUT2D eigenvalue weighted by molar-refractivity contribution is -0.139. The van der Waals surface area contributed by atoms with Crippen molar-refractivity contribution in [3.05, 3.63) is 104 Å². The largest absolute Gasteiger partial charge is 0.352 e. The molecule has 0 spiro atoms. The van der Waals surface area contributed by atoms with Gasteiger partial charge >= 0.3 is 0 Å². The molecule has 0 aliphatic heterocycles. The first-order chi connectivity index (χ1) is 18.2. The summed E-state index contributed by atoms with van der Waals surface area (Å²) in [5.41, 5.74) is 2.43. The Balaban J connectivity index is 1.91. The fourth-order valence-electron chi connectivity index (χ4n) is 3.82. The van der Waals surface area contributed by atoms with Gasteiger partial charge in [-0.25, -0.2) is 0 Å². The summed E-state index contributed by atoms with van der Waals surface area (Å²) in [5, 5.41) is 5.04. The molecular weight excluding hydrogens is 582 g/mol. The van der Waals surface area contributed by atoms with E-state index in [9.17, 15) is 9.59 Å². The molecule has 2 atom stereocenters. The van der Waals surface area contributed by atoms with Crippen LogP contribution in [0.15, 0.2) is 66.7 Å². The lowest BCUT2D eigenvalue weighted by Gasteiger charge is -2.32. The van der Waals surface area contributed by atoms with Gasteiger partial charge in [-0.05, 0) is 48.7 Å². The minimum absolute atomic E-state index is 0.0388. The highest BCUT2D eigenvalue weighted by molar-refractivity contribution is 7.99. The molecule has 0 aliphatic carbocycles. The highest BCUT2D eigenvalue weighted by atomic mass is 35.5. The second kappa shape index (κ2) is 15.0. The molecule has 0 heterocycles. The molecule has 1 N–H and O–H groups in total. The van der Waals surface area contributed by atoms with Gasteiger partial charge in [0, 0.05) is 50.4 Å². The predicted octanol–water partition coefficient (Wildman–Crippen LogP) is 8.09. The van der Waals surface area contributed by atoms with Crippen molar-refractivity contribution in [2.45, 2.75) is 51.1 Å². The number of carbonyl (C=O) groups is 2. The standard InChI is InChI=1S/C29H30Cl4N2O2S/c1-3-19(2)34-29(37)27(14-20-8-5-4-6-9-20)35(16-23-24(31)10-7-11-25(23)32)28(36)18-38-17-21-12-13-22(30)15-26(21)33/h4-13,15,19,27H,3,14,16-18H2,1-2H3,(H,34,37)/t19-,27-/m0/s1. The van der Waals surface area contributed by atoms with E-state index in [1.54, 1.807) is 35.2 Å². The number of amides is 2. The summed E-state index contributed by atoms with van der Waals surface area (Å²) in [5.74, 6) is 0.245. The molecule has 3 aromatic carbocycles. The molecule has 0 radical (unpaired) electrons. The van der Waals surface area contributed by atoms with E-state index in [0.29, 0.717) is 37.8 Å². The van der Waals surface area contributed by atoms with E-state index in [1.807, 2.05) is 50.2 Å². The highest BCUT2D eigenvalue weighted by Gasteiger charge is 2.31. The van der Waals surface area contributed by atoms with Gasteiger partial charge < -0.3 is 10.2 Å².